The molecule has 1 aromatic rings. The summed E-state index contributed by atoms with van der Waals surface area (Å²) >= 11 is 0. The predicted molar refractivity (Wildman–Crippen MR) is 127 cm³/mol. The number of hydrogen-bond donors (Lipinski definition) is 1. The smallest absolute Gasteiger partial charge is 0.255 e. The number of ether oxygens (including phenoxy) is 2. The second kappa shape index (κ2) is 8.68. The molecule has 0 aromatic heterocycles. The molecule has 2 amide bonds. The van der Waals surface area contributed by atoms with E-state index in [2.05, 4.69) is 16.8 Å². The number of amides is 2. The largest absolute Gasteiger partial charge is 0.489 e. The molecule has 4 heterocycles. The summed E-state index contributed by atoms with van der Waals surface area (Å²) < 4.78 is 12.2. The molecule has 6 rings (SSSR count). The third kappa shape index (κ3) is 3.93. The van der Waals surface area contributed by atoms with E-state index in [0.717, 1.165) is 43.2 Å². The average Bonchev–Trinajstić information content (AvgIpc) is 3.53. The van der Waals surface area contributed by atoms with Gasteiger partial charge in [-0.2, -0.15) is 0 Å². The van der Waals surface area contributed by atoms with E-state index in [4.69, 9.17) is 9.47 Å². The van der Waals surface area contributed by atoms with Crippen molar-refractivity contribution in [2.24, 2.45) is 5.41 Å². The third-order valence-electron chi connectivity index (χ3n) is 8.80. The van der Waals surface area contributed by atoms with E-state index in [0.29, 0.717) is 36.4 Å². The number of hydrogen-bond acceptors (Lipinski definition) is 5. The molecule has 1 saturated carbocycles. The van der Waals surface area contributed by atoms with Crippen molar-refractivity contribution in [2.45, 2.75) is 76.1 Å². The van der Waals surface area contributed by atoms with E-state index in [9.17, 15) is 9.59 Å². The molecule has 1 spiro atoms. The molecule has 1 N–H and O–H groups in total. The first-order chi connectivity index (χ1) is 16.5. The highest BCUT2D eigenvalue weighted by molar-refractivity contribution is 6.01. The number of carbonyl (C=O) groups excluding carboxylic acids is 2. The summed E-state index contributed by atoms with van der Waals surface area (Å²) in [5.41, 5.74) is 2.82. The average molecular weight is 466 g/mol. The number of nitrogens with one attached hydrogen (secondary N) is 1. The summed E-state index contributed by atoms with van der Waals surface area (Å²) in [5.74, 6) is 0.647. The van der Waals surface area contributed by atoms with Crippen molar-refractivity contribution in [3.8, 4) is 5.75 Å². The number of allylic oxidation sites excluding steroid dienone is 1. The molecule has 7 nitrogen and oxygen atoms in total. The molecule has 0 bridgehead atoms. The van der Waals surface area contributed by atoms with E-state index in [1.54, 1.807) is 4.90 Å². The van der Waals surface area contributed by atoms with E-state index < -0.39 is 6.04 Å². The van der Waals surface area contributed by atoms with Gasteiger partial charge in [0.2, 0.25) is 5.91 Å². The Morgan fingerprint density at radius 3 is 2.79 bits per heavy atom. The first-order valence-corrected chi connectivity index (χ1v) is 12.9. The van der Waals surface area contributed by atoms with E-state index in [1.807, 2.05) is 18.2 Å². The summed E-state index contributed by atoms with van der Waals surface area (Å²) in [7, 11) is 0. The number of rotatable bonds is 4. The summed E-state index contributed by atoms with van der Waals surface area (Å²) in [5, 5.41) is 2.80. The van der Waals surface area contributed by atoms with E-state index >= 15 is 0 Å². The second-order valence-electron chi connectivity index (χ2n) is 10.9. The molecule has 3 atom stereocenters. The van der Waals surface area contributed by atoms with Crippen molar-refractivity contribution in [3.05, 3.63) is 41.6 Å². The highest BCUT2D eigenvalue weighted by Gasteiger charge is 2.45. The number of piperidine rings is 1. The minimum atomic E-state index is -0.429. The lowest BCUT2D eigenvalue weighted by atomic mass is 9.79. The lowest BCUT2D eigenvalue weighted by molar-refractivity contribution is -0.126. The Kier molecular flexibility index (Phi) is 5.65. The molecule has 4 fully saturated rings. The fraction of sp³-hybridized carbons (Fsp3) is 0.630. The molecule has 4 aliphatic heterocycles. The normalized spacial score (nSPS) is 31.2. The van der Waals surface area contributed by atoms with Crippen molar-refractivity contribution < 1.29 is 19.1 Å². The Hall–Kier alpha value is -2.38. The maximum absolute atomic E-state index is 13.0. The van der Waals surface area contributed by atoms with Crippen molar-refractivity contribution in [1.29, 1.82) is 0 Å². The zero-order chi connectivity index (χ0) is 23.3. The van der Waals surface area contributed by atoms with Gasteiger partial charge in [0, 0.05) is 43.6 Å². The zero-order valence-electron chi connectivity index (χ0n) is 19.9. The summed E-state index contributed by atoms with van der Waals surface area (Å²) in [6.07, 6.45) is 8.63. The minimum absolute atomic E-state index is 0.0632. The molecular weight excluding hydrogens is 430 g/mol. The van der Waals surface area contributed by atoms with Crippen LogP contribution in [0.15, 0.2) is 30.5 Å². The van der Waals surface area contributed by atoms with Gasteiger partial charge in [-0.15, -0.1) is 0 Å². The van der Waals surface area contributed by atoms with Crippen LogP contribution in [0.4, 0.5) is 0 Å². The number of carbonyl (C=O) groups is 2. The van der Waals surface area contributed by atoms with E-state index in [-0.39, 0.29) is 17.9 Å². The summed E-state index contributed by atoms with van der Waals surface area (Å²) in [6.45, 7) is 8.44. The Morgan fingerprint density at radius 1 is 1.12 bits per heavy atom. The van der Waals surface area contributed by atoms with Crippen molar-refractivity contribution in [2.75, 3.05) is 26.3 Å². The lowest BCUT2D eigenvalue weighted by Gasteiger charge is -2.35. The first-order valence-electron chi connectivity index (χ1n) is 12.9. The van der Waals surface area contributed by atoms with Crippen molar-refractivity contribution in [3.63, 3.8) is 0 Å². The van der Waals surface area contributed by atoms with Gasteiger partial charge >= 0.3 is 0 Å². The highest BCUT2D eigenvalue weighted by Crippen LogP contribution is 2.43. The molecule has 3 saturated heterocycles. The molecule has 182 valence electrons. The Bertz CT molecular complexity index is 1000. The molecule has 1 aliphatic carbocycles. The molecule has 34 heavy (non-hydrogen) atoms. The first kappa shape index (κ1) is 22.1. The quantitative estimate of drug-likeness (QED) is 0.739. The minimum Gasteiger partial charge on any atom is -0.489 e. The van der Waals surface area contributed by atoms with E-state index in [1.165, 1.54) is 38.6 Å². The SMILES string of the molecule is C=C1CCC(N2Cc3cc(O[C@@H]4CCC[C@@H]4N4CCC5(CCOCC5)C4)ccc3C2=O)C(=O)N1. The maximum Gasteiger partial charge on any atom is 0.255 e. The second-order valence-corrected chi connectivity index (χ2v) is 10.9. The van der Waals surface area contributed by atoms with Crippen LogP contribution in [0.2, 0.25) is 0 Å². The lowest BCUT2D eigenvalue weighted by Crippen LogP contribution is -2.49. The topological polar surface area (TPSA) is 71.1 Å². The fourth-order valence-corrected chi connectivity index (χ4v) is 6.81. The molecular formula is C27H35N3O4. The van der Waals surface area contributed by atoms with Gasteiger partial charge in [0.05, 0.1) is 0 Å². The molecule has 1 aromatic carbocycles. The van der Waals surface area contributed by atoms with Crippen LogP contribution in [0.25, 0.3) is 0 Å². The summed E-state index contributed by atoms with van der Waals surface area (Å²) in [4.78, 5) is 29.9. The van der Waals surface area contributed by atoms with Gasteiger partial charge in [-0.3, -0.25) is 14.5 Å². The van der Waals surface area contributed by atoms with Gasteiger partial charge in [-0.1, -0.05) is 6.58 Å². The van der Waals surface area contributed by atoms with Gasteiger partial charge in [-0.25, -0.2) is 0 Å². The van der Waals surface area contributed by atoms with Gasteiger partial charge in [0.15, 0.2) is 0 Å². The molecule has 0 radical (unpaired) electrons. The van der Waals surface area contributed by atoms with Crippen molar-refractivity contribution in [1.82, 2.24) is 15.1 Å². The Labute approximate surface area is 201 Å². The predicted octanol–water partition coefficient (Wildman–Crippen LogP) is 3.24. The Morgan fingerprint density at radius 2 is 1.97 bits per heavy atom. The highest BCUT2D eigenvalue weighted by atomic mass is 16.5. The monoisotopic (exact) mass is 465 g/mol. The number of likely N-dealkylation sites (tertiary alicyclic amines) is 1. The van der Waals surface area contributed by atoms with Crippen LogP contribution in [0.5, 0.6) is 5.75 Å². The maximum atomic E-state index is 13.0. The number of benzene rings is 1. The zero-order valence-corrected chi connectivity index (χ0v) is 19.9. The van der Waals surface area contributed by atoms with Gasteiger partial charge in [0.25, 0.3) is 5.91 Å². The fourth-order valence-electron chi connectivity index (χ4n) is 6.81. The van der Waals surface area contributed by atoms with Crippen LogP contribution in [0.1, 0.15) is 67.3 Å². The van der Waals surface area contributed by atoms with Gasteiger partial charge in [0.1, 0.15) is 17.9 Å². The summed E-state index contributed by atoms with van der Waals surface area (Å²) in [6, 6.07) is 5.87. The van der Waals surface area contributed by atoms with Crippen LogP contribution in [0.3, 0.4) is 0 Å². The van der Waals surface area contributed by atoms with Crippen LogP contribution >= 0.6 is 0 Å². The standard InChI is InChI=1S/C27H35N3O4/c1-18-5-8-23(25(31)28-18)30-16-19-15-20(6-7-21(19)26(30)32)34-24-4-2-3-22(24)29-12-9-27(17-29)10-13-33-14-11-27/h6-7,15,22-24H,1-5,8-14,16-17H2,(H,28,31)/t22-,23?,24+/m0/s1. The van der Waals surface area contributed by atoms with Crippen molar-refractivity contribution >= 4 is 11.8 Å². The number of nitrogens with zero attached hydrogens (tertiary/aromatic N) is 2. The van der Waals surface area contributed by atoms with Gasteiger partial charge in [-0.05, 0) is 87.1 Å². The van der Waals surface area contributed by atoms with Crippen LogP contribution in [0, 0.1) is 5.41 Å². The molecule has 5 aliphatic rings. The third-order valence-corrected chi connectivity index (χ3v) is 8.80. The number of fused-ring (bicyclic) bond motifs is 1. The molecule has 7 heteroatoms. The molecule has 1 unspecified atom stereocenters. The van der Waals surface area contributed by atoms with Crippen LogP contribution in [-0.4, -0.2) is 66.1 Å². The van der Waals surface area contributed by atoms with Gasteiger partial charge < -0.3 is 19.7 Å². The Balaban J connectivity index is 1.13. The van der Waals surface area contributed by atoms with Crippen LogP contribution in [-0.2, 0) is 16.1 Å². The van der Waals surface area contributed by atoms with Crippen LogP contribution < -0.4 is 10.1 Å².